The molecule has 0 aliphatic heterocycles. The van der Waals surface area contributed by atoms with Crippen molar-refractivity contribution in [1.82, 2.24) is 4.72 Å². The zero-order valence-electron chi connectivity index (χ0n) is 18.1. The Morgan fingerprint density at radius 1 is 0.889 bits per heavy atom. The van der Waals surface area contributed by atoms with Crippen LogP contribution in [0.4, 0.5) is 11.4 Å². The zero-order valence-corrected chi connectivity index (χ0v) is 22.0. The molecule has 14 heteroatoms. The minimum Gasteiger partial charge on any atom is -0.468 e. The van der Waals surface area contributed by atoms with Crippen LogP contribution in [0.5, 0.6) is 0 Å². The topological polar surface area (TPSA) is 135 Å². The fraction of sp³-hybridized carbons (Fsp3) is 0.0455. The van der Waals surface area contributed by atoms with E-state index in [0.717, 1.165) is 11.3 Å². The molecule has 188 valence electrons. The lowest BCUT2D eigenvalue weighted by atomic mass is 10.2. The van der Waals surface area contributed by atoms with Gasteiger partial charge in [0.1, 0.15) is 15.0 Å². The van der Waals surface area contributed by atoms with Gasteiger partial charge in [0.25, 0.3) is 15.9 Å². The average Bonchev–Trinajstić information content (AvgIpc) is 3.48. The normalized spacial score (nSPS) is 11.8. The van der Waals surface area contributed by atoms with Crippen LogP contribution in [0.3, 0.4) is 0 Å². The Bertz CT molecular complexity index is 1580. The Hall–Kier alpha value is -2.87. The molecular weight excluding hydrogens is 569 g/mol. The molecule has 0 fully saturated rings. The molecular formula is C22H17Cl2N3O6S3. The fourth-order valence-electron chi connectivity index (χ4n) is 2.99. The number of amides is 1. The highest BCUT2D eigenvalue weighted by Gasteiger charge is 2.21. The number of hydrogen-bond donors (Lipinski definition) is 3. The maximum absolute atomic E-state index is 12.6. The Morgan fingerprint density at radius 3 is 2.14 bits per heavy atom. The highest BCUT2D eigenvalue weighted by atomic mass is 35.5. The van der Waals surface area contributed by atoms with Crippen molar-refractivity contribution >= 4 is 71.9 Å². The van der Waals surface area contributed by atoms with Gasteiger partial charge in [0.15, 0.2) is 0 Å². The van der Waals surface area contributed by atoms with Gasteiger partial charge in [-0.05, 0) is 66.7 Å². The smallest absolute Gasteiger partial charge is 0.264 e. The molecule has 0 spiro atoms. The minimum atomic E-state index is -3.95. The molecule has 2 aromatic carbocycles. The van der Waals surface area contributed by atoms with E-state index < -0.39 is 26.0 Å². The van der Waals surface area contributed by atoms with E-state index >= 15 is 0 Å². The van der Waals surface area contributed by atoms with Crippen LogP contribution in [0, 0.1) is 0 Å². The molecule has 0 radical (unpaired) electrons. The number of sulfonamides is 2. The summed E-state index contributed by atoms with van der Waals surface area (Å²) >= 11 is 12.7. The van der Waals surface area contributed by atoms with Gasteiger partial charge in [-0.15, -0.1) is 11.3 Å². The lowest BCUT2D eigenvalue weighted by Gasteiger charge is -2.10. The summed E-state index contributed by atoms with van der Waals surface area (Å²) in [7, 11) is -7.72. The fourth-order valence-corrected chi connectivity index (χ4v) is 7.19. The molecule has 0 unspecified atom stereocenters. The minimum absolute atomic E-state index is 0.00796. The van der Waals surface area contributed by atoms with Crippen molar-refractivity contribution in [1.29, 1.82) is 0 Å². The van der Waals surface area contributed by atoms with E-state index in [1.165, 1.54) is 60.9 Å². The number of carbonyl (C=O) groups excluding carboxylic acids is 1. The lowest BCUT2D eigenvalue weighted by molar-refractivity contribution is 0.102. The second-order valence-corrected chi connectivity index (χ2v) is 13.0. The highest BCUT2D eigenvalue weighted by molar-refractivity contribution is 7.93. The third kappa shape index (κ3) is 6.27. The van der Waals surface area contributed by atoms with E-state index in [1.807, 2.05) is 0 Å². The molecule has 0 atom stereocenters. The molecule has 1 amide bonds. The summed E-state index contributed by atoms with van der Waals surface area (Å²) in [5.74, 6) is 0.00422. The number of carbonyl (C=O) groups is 1. The van der Waals surface area contributed by atoms with Gasteiger partial charge in [-0.1, -0.05) is 23.2 Å². The summed E-state index contributed by atoms with van der Waals surface area (Å²) in [5, 5.41) is 2.66. The number of thiophene rings is 1. The van der Waals surface area contributed by atoms with Crippen molar-refractivity contribution in [3.05, 3.63) is 93.0 Å². The molecule has 2 heterocycles. The summed E-state index contributed by atoms with van der Waals surface area (Å²) in [5.41, 5.74) is 0.853. The lowest BCUT2D eigenvalue weighted by Crippen LogP contribution is -2.23. The number of benzene rings is 2. The van der Waals surface area contributed by atoms with Crippen molar-refractivity contribution in [3.63, 3.8) is 0 Å². The van der Waals surface area contributed by atoms with Crippen LogP contribution in [0.2, 0.25) is 8.67 Å². The van der Waals surface area contributed by atoms with Gasteiger partial charge in [0, 0.05) is 16.9 Å². The number of furan rings is 1. The van der Waals surface area contributed by atoms with Gasteiger partial charge >= 0.3 is 0 Å². The maximum atomic E-state index is 12.6. The van der Waals surface area contributed by atoms with Crippen LogP contribution >= 0.6 is 34.5 Å². The Kier molecular flexibility index (Phi) is 7.73. The monoisotopic (exact) mass is 585 g/mol. The quantitative estimate of drug-likeness (QED) is 0.248. The standard InChI is InChI=1S/C22H17Cl2N3O6S3/c23-20-12-19(21(24)34-20)36(31,32)27-16-5-3-14(4-6-16)22(28)26-15-7-9-18(10-8-15)35(29,30)25-13-17-2-1-11-33-17/h1-12,25,27H,13H2,(H,26,28). The predicted molar refractivity (Wildman–Crippen MR) is 139 cm³/mol. The molecule has 9 nitrogen and oxygen atoms in total. The van der Waals surface area contributed by atoms with Gasteiger partial charge in [0.05, 0.1) is 22.0 Å². The summed E-state index contributed by atoms with van der Waals surface area (Å²) in [6.45, 7) is 0.00796. The van der Waals surface area contributed by atoms with Crippen molar-refractivity contribution in [3.8, 4) is 0 Å². The second kappa shape index (κ2) is 10.6. The van der Waals surface area contributed by atoms with Crippen LogP contribution in [0.1, 0.15) is 16.1 Å². The summed E-state index contributed by atoms with van der Waals surface area (Å²) in [6, 6.07) is 15.9. The average molecular weight is 587 g/mol. The van der Waals surface area contributed by atoms with Gasteiger partial charge < -0.3 is 9.73 Å². The number of hydrogen-bond acceptors (Lipinski definition) is 7. The first-order chi connectivity index (χ1) is 17.0. The summed E-state index contributed by atoms with van der Waals surface area (Å²) in [4.78, 5) is 12.5. The molecule has 4 aromatic rings. The Morgan fingerprint density at radius 2 is 1.56 bits per heavy atom. The van der Waals surface area contributed by atoms with Crippen molar-refractivity contribution < 1.29 is 26.0 Å². The molecule has 36 heavy (non-hydrogen) atoms. The number of anilines is 2. The van der Waals surface area contributed by atoms with Crippen LogP contribution in [-0.4, -0.2) is 22.7 Å². The third-order valence-electron chi connectivity index (χ3n) is 4.75. The third-order valence-corrected chi connectivity index (χ3v) is 9.30. The maximum Gasteiger partial charge on any atom is 0.264 e. The van der Waals surface area contributed by atoms with E-state index in [0.29, 0.717) is 11.4 Å². The Balaban J connectivity index is 1.38. The van der Waals surface area contributed by atoms with Crippen LogP contribution in [0.15, 0.2) is 87.2 Å². The molecule has 2 aromatic heterocycles. The first-order valence-electron chi connectivity index (χ1n) is 10.0. The van der Waals surface area contributed by atoms with E-state index in [4.69, 9.17) is 27.6 Å². The zero-order chi connectivity index (χ0) is 25.9. The van der Waals surface area contributed by atoms with Gasteiger partial charge in [-0.25, -0.2) is 21.6 Å². The second-order valence-electron chi connectivity index (χ2n) is 7.25. The van der Waals surface area contributed by atoms with Gasteiger partial charge in [-0.3, -0.25) is 9.52 Å². The van der Waals surface area contributed by atoms with Crippen LogP contribution in [-0.2, 0) is 26.6 Å². The van der Waals surface area contributed by atoms with Crippen molar-refractivity contribution in [2.45, 2.75) is 16.3 Å². The first kappa shape index (κ1) is 26.2. The largest absolute Gasteiger partial charge is 0.468 e. The van der Waals surface area contributed by atoms with Gasteiger partial charge in [0.2, 0.25) is 10.0 Å². The van der Waals surface area contributed by atoms with E-state index in [2.05, 4.69) is 14.8 Å². The molecule has 0 saturated carbocycles. The molecule has 0 aliphatic carbocycles. The summed E-state index contributed by atoms with van der Waals surface area (Å²) < 4.78 is 60.1. The van der Waals surface area contributed by atoms with Gasteiger partial charge in [-0.2, -0.15) is 0 Å². The number of halogens is 2. The van der Waals surface area contributed by atoms with E-state index in [-0.39, 0.29) is 36.3 Å². The van der Waals surface area contributed by atoms with Crippen LogP contribution in [0.25, 0.3) is 0 Å². The first-order valence-corrected chi connectivity index (χ1v) is 14.6. The SMILES string of the molecule is O=C(Nc1ccc(S(=O)(=O)NCc2ccco2)cc1)c1ccc(NS(=O)(=O)c2cc(Cl)sc2Cl)cc1. The van der Waals surface area contributed by atoms with Crippen molar-refractivity contribution in [2.75, 3.05) is 10.0 Å². The number of nitrogens with one attached hydrogen (secondary N) is 3. The van der Waals surface area contributed by atoms with Crippen molar-refractivity contribution in [2.24, 2.45) is 0 Å². The molecule has 4 rings (SSSR count). The van der Waals surface area contributed by atoms with E-state index in [9.17, 15) is 21.6 Å². The Labute approximate surface area is 221 Å². The molecule has 0 saturated heterocycles. The summed E-state index contributed by atoms with van der Waals surface area (Å²) in [6.07, 6.45) is 1.45. The molecule has 0 bridgehead atoms. The highest BCUT2D eigenvalue weighted by Crippen LogP contribution is 2.35. The number of rotatable bonds is 9. The predicted octanol–water partition coefficient (Wildman–Crippen LogP) is 5.18. The van der Waals surface area contributed by atoms with E-state index in [1.54, 1.807) is 12.1 Å². The molecule has 0 aliphatic rings. The van der Waals surface area contributed by atoms with Crippen LogP contribution < -0.4 is 14.8 Å². The molecule has 3 N–H and O–H groups in total.